The highest BCUT2D eigenvalue weighted by molar-refractivity contribution is 8.18. The van der Waals surface area contributed by atoms with Crippen molar-refractivity contribution >= 4 is 39.7 Å². The first-order chi connectivity index (χ1) is 11.8. The first-order valence-electron chi connectivity index (χ1n) is 8.56. The van der Waals surface area contributed by atoms with Crippen molar-refractivity contribution in [3.8, 4) is 0 Å². The highest BCUT2D eigenvalue weighted by atomic mass is 32.2. The van der Waals surface area contributed by atoms with Gasteiger partial charge >= 0.3 is 0 Å². The van der Waals surface area contributed by atoms with Gasteiger partial charge in [-0.3, -0.25) is 4.79 Å². The number of likely N-dealkylation sites (tertiary alicyclic amines) is 1. The number of amides is 1. The van der Waals surface area contributed by atoms with Crippen LogP contribution in [0.2, 0.25) is 0 Å². The van der Waals surface area contributed by atoms with Gasteiger partial charge in [0.05, 0.1) is 4.91 Å². The van der Waals surface area contributed by atoms with E-state index in [2.05, 4.69) is 34.2 Å². The molecule has 1 amide bonds. The van der Waals surface area contributed by atoms with Gasteiger partial charge in [0, 0.05) is 13.1 Å². The minimum atomic E-state index is -0.104. The van der Waals surface area contributed by atoms with Crippen molar-refractivity contribution in [2.45, 2.75) is 25.7 Å². The molecule has 4 rings (SSSR count). The number of fused-ring (bicyclic) bond motifs is 1. The molecule has 0 saturated carbocycles. The Labute approximate surface area is 146 Å². The van der Waals surface area contributed by atoms with Crippen LogP contribution in [0.25, 0.3) is 16.8 Å². The Hall–Kier alpha value is -2.07. The summed E-state index contributed by atoms with van der Waals surface area (Å²) in [4.78, 5) is 19.7. The highest BCUT2D eigenvalue weighted by Gasteiger charge is 2.26. The summed E-state index contributed by atoms with van der Waals surface area (Å²) in [5.41, 5.74) is 1.08. The molecular weight excluding hydrogens is 316 g/mol. The Balaban J connectivity index is 1.61. The van der Waals surface area contributed by atoms with Gasteiger partial charge in [0.25, 0.3) is 5.91 Å². The minimum absolute atomic E-state index is 0.104. The van der Waals surface area contributed by atoms with Gasteiger partial charge in [-0.2, -0.15) is 4.99 Å². The van der Waals surface area contributed by atoms with Crippen molar-refractivity contribution in [1.82, 2.24) is 4.90 Å². The number of carbonyl (C=O) groups is 1. The molecular formula is C20H20N2OS. The smallest absolute Gasteiger partial charge is 0.286 e. The lowest BCUT2D eigenvalue weighted by Crippen LogP contribution is -2.28. The van der Waals surface area contributed by atoms with E-state index in [1.165, 1.54) is 48.2 Å². The van der Waals surface area contributed by atoms with Crippen LogP contribution < -0.4 is 0 Å². The molecule has 2 aliphatic heterocycles. The molecule has 0 N–H and O–H groups in total. The molecule has 1 fully saturated rings. The zero-order valence-electron chi connectivity index (χ0n) is 13.6. The van der Waals surface area contributed by atoms with Crippen molar-refractivity contribution in [2.75, 3.05) is 13.1 Å². The molecule has 0 spiro atoms. The third kappa shape index (κ3) is 3.11. The molecule has 2 aromatic rings. The molecule has 0 aromatic heterocycles. The van der Waals surface area contributed by atoms with Crippen LogP contribution in [-0.4, -0.2) is 29.1 Å². The summed E-state index contributed by atoms with van der Waals surface area (Å²) in [6.07, 6.45) is 6.93. The van der Waals surface area contributed by atoms with Gasteiger partial charge < -0.3 is 4.90 Å². The molecule has 0 radical (unpaired) electrons. The molecule has 3 nitrogen and oxygen atoms in total. The number of thioether (sulfide) groups is 1. The molecule has 0 atom stereocenters. The van der Waals surface area contributed by atoms with Crippen LogP contribution >= 0.6 is 11.8 Å². The Morgan fingerprint density at radius 2 is 1.71 bits per heavy atom. The maximum absolute atomic E-state index is 12.4. The molecule has 4 heteroatoms. The molecule has 0 bridgehead atoms. The van der Waals surface area contributed by atoms with Crippen LogP contribution in [-0.2, 0) is 4.79 Å². The van der Waals surface area contributed by atoms with Gasteiger partial charge in [-0.25, -0.2) is 0 Å². The van der Waals surface area contributed by atoms with Crippen LogP contribution in [0.15, 0.2) is 52.4 Å². The van der Waals surface area contributed by atoms with E-state index in [9.17, 15) is 4.79 Å². The molecule has 1 saturated heterocycles. The minimum Gasteiger partial charge on any atom is -0.351 e. The van der Waals surface area contributed by atoms with Crippen molar-refractivity contribution in [2.24, 2.45) is 4.99 Å². The highest BCUT2D eigenvalue weighted by Crippen LogP contribution is 2.32. The first-order valence-corrected chi connectivity index (χ1v) is 9.38. The lowest BCUT2D eigenvalue weighted by molar-refractivity contribution is -0.113. The Morgan fingerprint density at radius 1 is 0.958 bits per heavy atom. The summed E-state index contributed by atoms with van der Waals surface area (Å²) in [5.74, 6) is -0.104. The average molecular weight is 336 g/mol. The van der Waals surface area contributed by atoms with Gasteiger partial charge in [-0.15, -0.1) is 0 Å². The van der Waals surface area contributed by atoms with Crippen molar-refractivity contribution < 1.29 is 4.79 Å². The fourth-order valence-corrected chi connectivity index (χ4v) is 4.27. The summed E-state index contributed by atoms with van der Waals surface area (Å²) in [7, 11) is 0. The van der Waals surface area contributed by atoms with Gasteiger partial charge in [-0.05, 0) is 47.0 Å². The van der Waals surface area contributed by atoms with Crippen LogP contribution in [0.3, 0.4) is 0 Å². The van der Waals surface area contributed by atoms with E-state index in [0.29, 0.717) is 0 Å². The summed E-state index contributed by atoms with van der Waals surface area (Å²) in [5, 5.41) is 3.24. The molecule has 2 aromatic carbocycles. The van der Waals surface area contributed by atoms with E-state index >= 15 is 0 Å². The van der Waals surface area contributed by atoms with E-state index in [1.54, 1.807) is 0 Å². The maximum atomic E-state index is 12.4. The number of rotatable bonds is 1. The topological polar surface area (TPSA) is 32.7 Å². The number of aliphatic imine (C=N–C) groups is 1. The van der Waals surface area contributed by atoms with Gasteiger partial charge in [0.2, 0.25) is 0 Å². The normalized spacial score (nSPS) is 20.5. The lowest BCUT2D eigenvalue weighted by Gasteiger charge is -2.20. The second kappa shape index (κ2) is 6.81. The van der Waals surface area contributed by atoms with Crippen molar-refractivity contribution in [3.05, 3.63) is 52.9 Å². The van der Waals surface area contributed by atoms with E-state index in [1.807, 2.05) is 24.3 Å². The van der Waals surface area contributed by atoms with Crippen molar-refractivity contribution in [1.29, 1.82) is 0 Å². The Morgan fingerprint density at radius 3 is 2.54 bits per heavy atom. The molecule has 24 heavy (non-hydrogen) atoms. The lowest BCUT2D eigenvalue weighted by atomic mass is 10.0. The Bertz CT molecular complexity index is 827. The van der Waals surface area contributed by atoms with Gasteiger partial charge in [0.15, 0.2) is 5.17 Å². The van der Waals surface area contributed by atoms with Gasteiger partial charge in [-0.1, -0.05) is 55.3 Å². The first kappa shape index (κ1) is 15.5. The number of benzene rings is 2. The third-order valence-corrected chi connectivity index (χ3v) is 5.64. The van der Waals surface area contributed by atoms with Crippen LogP contribution in [0, 0.1) is 0 Å². The fourth-order valence-electron chi connectivity index (χ4n) is 3.31. The number of hydrogen-bond donors (Lipinski definition) is 0. The van der Waals surface area contributed by atoms with Crippen LogP contribution in [0.4, 0.5) is 0 Å². The quantitative estimate of drug-likeness (QED) is 0.709. The summed E-state index contributed by atoms with van der Waals surface area (Å²) >= 11 is 1.53. The van der Waals surface area contributed by atoms with Gasteiger partial charge in [0.1, 0.15) is 0 Å². The van der Waals surface area contributed by atoms with Crippen LogP contribution in [0.1, 0.15) is 31.2 Å². The van der Waals surface area contributed by atoms with Crippen LogP contribution in [0.5, 0.6) is 0 Å². The summed E-state index contributed by atoms with van der Waals surface area (Å²) in [6.45, 7) is 2.03. The van der Waals surface area contributed by atoms with E-state index in [4.69, 9.17) is 0 Å². The van der Waals surface area contributed by atoms with E-state index < -0.39 is 0 Å². The zero-order chi connectivity index (χ0) is 16.4. The average Bonchev–Trinajstić information content (AvgIpc) is 2.82. The number of carbonyl (C=O) groups excluding carboxylic acids is 1. The maximum Gasteiger partial charge on any atom is 0.286 e. The third-order valence-electron chi connectivity index (χ3n) is 4.60. The second-order valence-electron chi connectivity index (χ2n) is 6.28. The molecule has 0 unspecified atom stereocenters. The predicted octanol–water partition coefficient (Wildman–Crippen LogP) is 4.69. The van der Waals surface area contributed by atoms with E-state index in [0.717, 1.165) is 28.7 Å². The number of hydrogen-bond acceptors (Lipinski definition) is 3. The Kier molecular flexibility index (Phi) is 4.39. The molecule has 2 aliphatic rings. The molecule has 122 valence electrons. The molecule has 2 heterocycles. The standard InChI is InChI=1S/C20H20N2OS/c23-19-18(24-20(21-19)22-12-5-1-2-6-13-22)14-16-10-7-9-15-8-3-4-11-17(15)16/h3-4,7-11,14H,1-2,5-6,12-13H2/b18-14-. The van der Waals surface area contributed by atoms with E-state index in [-0.39, 0.29) is 5.91 Å². The number of nitrogens with zero attached hydrogens (tertiary/aromatic N) is 2. The monoisotopic (exact) mass is 336 g/mol. The summed E-state index contributed by atoms with van der Waals surface area (Å²) < 4.78 is 0. The SMILES string of the molecule is O=C1N=C(N2CCCCCC2)S/C1=C\c1cccc2ccccc12. The van der Waals surface area contributed by atoms with Crippen molar-refractivity contribution in [3.63, 3.8) is 0 Å². The predicted molar refractivity (Wildman–Crippen MR) is 102 cm³/mol. The summed E-state index contributed by atoms with van der Waals surface area (Å²) in [6, 6.07) is 14.5. The zero-order valence-corrected chi connectivity index (χ0v) is 14.4. The molecule has 0 aliphatic carbocycles. The number of amidine groups is 1. The largest absolute Gasteiger partial charge is 0.351 e. The second-order valence-corrected chi connectivity index (χ2v) is 7.29. The fraction of sp³-hybridized carbons (Fsp3) is 0.300.